The maximum Gasteiger partial charge on any atom is 0.272 e. The fourth-order valence-electron chi connectivity index (χ4n) is 1.91. The minimum atomic E-state index is -0.574. The van der Waals surface area contributed by atoms with Crippen LogP contribution in [0.3, 0.4) is 0 Å². The molecule has 7 nitrogen and oxygen atoms in total. The molecule has 0 aliphatic rings. The van der Waals surface area contributed by atoms with Gasteiger partial charge in [-0.1, -0.05) is 23.8 Å². The number of thiazole rings is 1. The van der Waals surface area contributed by atoms with E-state index in [1.807, 2.05) is 0 Å². The number of aryl methyl sites for hydroxylation is 1. The fraction of sp³-hybridized carbons (Fsp3) is 0.133. The largest absolute Gasteiger partial charge is 0.387 e. The van der Waals surface area contributed by atoms with Gasteiger partial charge in [-0.2, -0.15) is 5.10 Å². The van der Waals surface area contributed by atoms with Crippen molar-refractivity contribution in [1.29, 1.82) is 0 Å². The van der Waals surface area contributed by atoms with Crippen molar-refractivity contribution < 1.29 is 9.59 Å². The van der Waals surface area contributed by atoms with E-state index in [4.69, 9.17) is 35.4 Å². The van der Waals surface area contributed by atoms with Crippen molar-refractivity contribution in [3.05, 3.63) is 44.9 Å². The van der Waals surface area contributed by atoms with E-state index >= 15 is 0 Å². The average Bonchev–Trinajstić information content (AvgIpc) is 2.96. The third kappa shape index (κ3) is 4.81. The monoisotopic (exact) mass is 395 g/mol. The maximum atomic E-state index is 12.4. The summed E-state index contributed by atoms with van der Waals surface area (Å²) >= 11 is 11.7. The van der Waals surface area contributed by atoms with Gasteiger partial charge in [0.1, 0.15) is 10.7 Å². The standard InChI is InChI=1S/C15H14ClN5O2S2/c1-7-12(25-15(19-7)13(17)24)11(22)6-10(21-18)14(23)20-9-4-2-8(16)3-5-9/h2-5H,6,18H2,1H3,(H2,17,24)(H,20,23)/b21-10-. The maximum absolute atomic E-state index is 12.4. The fourth-order valence-corrected chi connectivity index (χ4v) is 3.07. The first-order valence-corrected chi connectivity index (χ1v) is 8.56. The van der Waals surface area contributed by atoms with Crippen LogP contribution in [0, 0.1) is 6.92 Å². The van der Waals surface area contributed by atoms with Gasteiger partial charge in [0, 0.05) is 10.7 Å². The van der Waals surface area contributed by atoms with Crippen LogP contribution in [0.5, 0.6) is 0 Å². The van der Waals surface area contributed by atoms with Crippen molar-refractivity contribution in [2.45, 2.75) is 13.3 Å². The Morgan fingerprint density at radius 1 is 1.36 bits per heavy atom. The van der Waals surface area contributed by atoms with Crippen LogP contribution in [0.4, 0.5) is 5.69 Å². The Balaban J connectivity index is 2.10. The lowest BCUT2D eigenvalue weighted by atomic mass is 10.1. The highest BCUT2D eigenvalue weighted by Crippen LogP contribution is 2.20. The van der Waals surface area contributed by atoms with Gasteiger partial charge in [-0.3, -0.25) is 9.59 Å². The van der Waals surface area contributed by atoms with E-state index in [0.717, 1.165) is 11.3 Å². The molecule has 0 unspecified atom stereocenters. The number of ketones is 1. The summed E-state index contributed by atoms with van der Waals surface area (Å²) in [5.74, 6) is 4.36. The topological polar surface area (TPSA) is 123 Å². The molecule has 0 aliphatic carbocycles. The molecule has 0 fully saturated rings. The number of carbonyl (C=O) groups is 2. The van der Waals surface area contributed by atoms with Crippen LogP contribution in [0.1, 0.15) is 26.8 Å². The summed E-state index contributed by atoms with van der Waals surface area (Å²) in [6.07, 6.45) is -0.268. The summed E-state index contributed by atoms with van der Waals surface area (Å²) in [6, 6.07) is 6.50. The quantitative estimate of drug-likeness (QED) is 0.226. The highest BCUT2D eigenvalue weighted by Gasteiger charge is 2.22. The predicted octanol–water partition coefficient (Wildman–Crippen LogP) is 2.27. The minimum Gasteiger partial charge on any atom is -0.387 e. The van der Waals surface area contributed by atoms with Gasteiger partial charge in [-0.15, -0.1) is 11.3 Å². The molecule has 130 valence electrons. The molecule has 25 heavy (non-hydrogen) atoms. The number of carbonyl (C=O) groups excluding carboxylic acids is 2. The van der Waals surface area contributed by atoms with Crippen molar-refractivity contribution in [3.8, 4) is 0 Å². The Hall–Kier alpha value is -2.36. The first-order chi connectivity index (χ1) is 11.8. The number of nitrogens with two attached hydrogens (primary N) is 2. The van der Waals surface area contributed by atoms with E-state index in [9.17, 15) is 9.59 Å². The summed E-state index contributed by atoms with van der Waals surface area (Å²) in [4.78, 5) is 29.3. The van der Waals surface area contributed by atoms with Crippen LogP contribution in [-0.4, -0.2) is 27.4 Å². The molecule has 1 amide bonds. The zero-order chi connectivity index (χ0) is 18.6. The summed E-state index contributed by atoms with van der Waals surface area (Å²) in [5, 5.41) is 6.96. The molecule has 0 aliphatic heterocycles. The Bertz CT molecular complexity index is 861. The van der Waals surface area contributed by atoms with Gasteiger partial charge in [0.05, 0.1) is 17.0 Å². The molecular weight excluding hydrogens is 382 g/mol. The molecule has 1 aromatic heterocycles. The number of benzene rings is 1. The molecular formula is C15H14ClN5O2S2. The zero-order valence-electron chi connectivity index (χ0n) is 13.1. The lowest BCUT2D eigenvalue weighted by Gasteiger charge is -2.06. The Morgan fingerprint density at radius 2 is 2.00 bits per heavy atom. The lowest BCUT2D eigenvalue weighted by molar-refractivity contribution is -0.110. The third-order valence-corrected chi connectivity index (χ3v) is 4.91. The number of nitrogens with zero attached hydrogens (tertiary/aromatic N) is 2. The van der Waals surface area contributed by atoms with Gasteiger partial charge >= 0.3 is 0 Å². The molecule has 10 heteroatoms. The zero-order valence-corrected chi connectivity index (χ0v) is 15.5. The van der Waals surface area contributed by atoms with Crippen LogP contribution in [0.15, 0.2) is 29.4 Å². The predicted molar refractivity (Wildman–Crippen MR) is 103 cm³/mol. The number of Topliss-reactive ketones (excluding diaryl/α,β-unsaturated/α-hetero) is 1. The van der Waals surface area contributed by atoms with Crippen molar-refractivity contribution in [3.63, 3.8) is 0 Å². The smallest absolute Gasteiger partial charge is 0.272 e. The Kier molecular flexibility index (Phi) is 6.18. The van der Waals surface area contributed by atoms with Gasteiger partial charge < -0.3 is 16.9 Å². The number of hydrogen-bond donors (Lipinski definition) is 3. The highest BCUT2D eigenvalue weighted by molar-refractivity contribution is 7.81. The van der Waals surface area contributed by atoms with Crippen molar-refractivity contribution in [2.24, 2.45) is 16.7 Å². The molecule has 2 rings (SSSR count). The first-order valence-electron chi connectivity index (χ1n) is 6.96. The molecule has 0 radical (unpaired) electrons. The number of rotatable bonds is 6. The van der Waals surface area contributed by atoms with E-state index in [-0.39, 0.29) is 22.9 Å². The van der Waals surface area contributed by atoms with E-state index in [0.29, 0.717) is 26.3 Å². The van der Waals surface area contributed by atoms with E-state index in [2.05, 4.69) is 15.4 Å². The molecule has 0 saturated heterocycles. The SMILES string of the molecule is Cc1nc(C(N)=S)sc1C(=O)C/C(=N/N)C(=O)Nc1ccc(Cl)cc1. The van der Waals surface area contributed by atoms with E-state index in [1.165, 1.54) is 0 Å². The van der Waals surface area contributed by atoms with Crippen LogP contribution < -0.4 is 16.9 Å². The Labute approximate surface area is 158 Å². The lowest BCUT2D eigenvalue weighted by Crippen LogP contribution is -2.26. The molecule has 0 spiro atoms. The minimum absolute atomic E-state index is 0.107. The Morgan fingerprint density at radius 3 is 2.52 bits per heavy atom. The van der Waals surface area contributed by atoms with Gasteiger partial charge in [0.15, 0.2) is 10.8 Å². The summed E-state index contributed by atoms with van der Waals surface area (Å²) < 4.78 is 0. The van der Waals surface area contributed by atoms with Gasteiger partial charge in [-0.05, 0) is 31.2 Å². The molecule has 1 heterocycles. The van der Waals surface area contributed by atoms with Gasteiger partial charge in [-0.25, -0.2) is 4.98 Å². The van der Waals surface area contributed by atoms with Crippen LogP contribution in [0.2, 0.25) is 5.02 Å². The second-order valence-electron chi connectivity index (χ2n) is 4.93. The number of hydrogen-bond acceptors (Lipinski definition) is 7. The number of aromatic nitrogens is 1. The van der Waals surface area contributed by atoms with E-state index in [1.54, 1.807) is 31.2 Å². The number of halogens is 1. The summed E-state index contributed by atoms with van der Waals surface area (Å²) in [5.41, 5.74) is 6.41. The number of hydrazone groups is 1. The molecule has 2 aromatic rings. The number of thiocarbonyl (C=S) groups is 1. The third-order valence-electron chi connectivity index (χ3n) is 3.11. The molecule has 0 saturated carbocycles. The van der Waals surface area contributed by atoms with Crippen LogP contribution >= 0.6 is 35.2 Å². The average molecular weight is 396 g/mol. The van der Waals surface area contributed by atoms with Gasteiger partial charge in [0.2, 0.25) is 0 Å². The van der Waals surface area contributed by atoms with E-state index < -0.39 is 5.91 Å². The van der Waals surface area contributed by atoms with Gasteiger partial charge in [0.25, 0.3) is 5.91 Å². The highest BCUT2D eigenvalue weighted by atomic mass is 35.5. The summed E-state index contributed by atoms with van der Waals surface area (Å²) in [6.45, 7) is 1.67. The molecule has 0 bridgehead atoms. The normalized spacial score (nSPS) is 11.2. The van der Waals surface area contributed by atoms with Crippen molar-refractivity contribution >= 4 is 63.2 Å². The van der Waals surface area contributed by atoms with Crippen molar-refractivity contribution in [1.82, 2.24) is 4.98 Å². The second-order valence-corrected chi connectivity index (χ2v) is 6.81. The number of anilines is 1. The second kappa shape index (κ2) is 8.15. The first kappa shape index (κ1) is 19.0. The summed E-state index contributed by atoms with van der Waals surface area (Å²) in [7, 11) is 0. The van der Waals surface area contributed by atoms with Crippen LogP contribution in [-0.2, 0) is 4.79 Å². The van der Waals surface area contributed by atoms with Crippen molar-refractivity contribution in [2.75, 3.05) is 5.32 Å². The van der Waals surface area contributed by atoms with Crippen LogP contribution in [0.25, 0.3) is 0 Å². The molecule has 5 N–H and O–H groups in total. The molecule has 1 aromatic carbocycles. The number of nitrogens with one attached hydrogen (secondary N) is 1. The molecule has 0 atom stereocenters. The number of amides is 1.